The van der Waals surface area contributed by atoms with Crippen molar-refractivity contribution in [2.45, 2.75) is 32.2 Å². The smallest absolute Gasteiger partial charge is 0.352 e. The van der Waals surface area contributed by atoms with Crippen LogP contribution in [0.15, 0.2) is 22.7 Å². The largest absolute Gasteiger partial charge is 0.477 e. The predicted octanol–water partition coefficient (Wildman–Crippen LogP) is 0.998. The van der Waals surface area contributed by atoms with Gasteiger partial charge >= 0.3 is 11.9 Å². The number of nitrogen functional groups attached to an aromatic ring is 1. The van der Waals surface area contributed by atoms with E-state index < -0.39 is 40.6 Å². The lowest BCUT2D eigenvalue weighted by Gasteiger charge is -2.49. The molecule has 0 aliphatic carbocycles. The Balaban J connectivity index is 1.84. The number of hydrogen-bond acceptors (Lipinski definition) is 10. The number of ether oxygens (including phenoxy) is 1. The number of hydrogen-bond donors (Lipinski definition) is 3. The second kappa shape index (κ2) is 10.4. The molecule has 3 heterocycles. The Bertz CT molecular complexity index is 1110. The summed E-state index contributed by atoms with van der Waals surface area (Å²) < 4.78 is 4.94. The summed E-state index contributed by atoms with van der Waals surface area (Å²) in [5.74, 6) is -2.63. The van der Waals surface area contributed by atoms with E-state index in [1.165, 1.54) is 30.0 Å². The molecule has 0 spiro atoms. The summed E-state index contributed by atoms with van der Waals surface area (Å²) in [7, 11) is 3.86. The first-order valence-electron chi connectivity index (χ1n) is 10.7. The maximum absolute atomic E-state index is 13.4. The second-order valence-corrected chi connectivity index (χ2v) is 11.2. The first kappa shape index (κ1) is 26.7. The molecule has 11 nitrogen and oxygen atoms in total. The molecule has 0 bridgehead atoms. The van der Waals surface area contributed by atoms with Gasteiger partial charge in [-0.1, -0.05) is 19.9 Å². The SMILES string of the molecule is CC(=O)OCC1=C(C(=O)O)N2C(=O)C(NC(=O)C(=CC(C)(C)CN(C)C)c3csc(N)n3)[C@H]2SC1. The Kier molecular flexibility index (Phi) is 7.92. The zero-order chi connectivity index (χ0) is 26.1. The summed E-state index contributed by atoms with van der Waals surface area (Å²) in [6.45, 7) is 5.64. The number of nitrogens with one attached hydrogen (secondary N) is 1. The van der Waals surface area contributed by atoms with E-state index >= 15 is 0 Å². The van der Waals surface area contributed by atoms with Crippen LogP contribution in [0.4, 0.5) is 5.13 Å². The highest BCUT2D eigenvalue weighted by molar-refractivity contribution is 8.00. The van der Waals surface area contributed by atoms with Gasteiger partial charge in [0.05, 0.1) is 11.3 Å². The minimum Gasteiger partial charge on any atom is -0.477 e. The molecule has 2 aliphatic heterocycles. The number of nitrogens with zero attached hydrogens (tertiary/aromatic N) is 3. The second-order valence-electron chi connectivity index (χ2n) is 9.25. The molecule has 1 saturated heterocycles. The number of carbonyl (C=O) groups excluding carboxylic acids is 3. The van der Waals surface area contributed by atoms with Crippen LogP contribution in [0, 0.1) is 5.41 Å². The molecule has 2 amide bonds. The molecular weight excluding hydrogens is 494 g/mol. The number of aliphatic carboxylic acids is 1. The Morgan fingerprint density at radius 3 is 2.63 bits per heavy atom. The fourth-order valence-electron chi connectivity index (χ4n) is 4.12. The standard InChI is InChI=1S/C22H29N5O6S2/c1-11(28)33-7-12-8-34-19-15(18(30)27(19)16(12)20(31)32)25-17(29)13(14-9-35-21(23)24-14)6-22(2,3)10-26(4)5/h6,9,15,19H,7-8,10H2,1-5H3,(H2,23,24)(H,25,29)(H,31,32)/t15?,19-/m1/s1. The minimum absolute atomic E-state index is 0.208. The van der Waals surface area contributed by atoms with Crippen molar-refractivity contribution in [3.05, 3.63) is 28.4 Å². The van der Waals surface area contributed by atoms with Gasteiger partial charge in [0.2, 0.25) is 0 Å². The van der Waals surface area contributed by atoms with Gasteiger partial charge in [-0.3, -0.25) is 19.3 Å². The topological polar surface area (TPSA) is 155 Å². The van der Waals surface area contributed by atoms with Crippen molar-refractivity contribution in [1.29, 1.82) is 0 Å². The summed E-state index contributed by atoms with van der Waals surface area (Å²) in [6.07, 6.45) is 1.81. The first-order valence-corrected chi connectivity index (χ1v) is 12.7. The predicted molar refractivity (Wildman–Crippen MR) is 133 cm³/mol. The number of fused-ring (bicyclic) bond motifs is 1. The number of amides is 2. The molecule has 1 aromatic heterocycles. The van der Waals surface area contributed by atoms with Gasteiger partial charge < -0.3 is 25.8 Å². The Morgan fingerprint density at radius 2 is 2.09 bits per heavy atom. The number of anilines is 1. The molecular formula is C22H29N5O6S2. The number of thiazole rings is 1. The van der Waals surface area contributed by atoms with Crippen LogP contribution >= 0.6 is 23.1 Å². The van der Waals surface area contributed by atoms with E-state index in [2.05, 4.69) is 10.3 Å². The van der Waals surface area contributed by atoms with Crippen molar-refractivity contribution in [2.24, 2.45) is 5.41 Å². The van der Waals surface area contributed by atoms with Crippen LogP contribution in [0.25, 0.3) is 5.57 Å². The van der Waals surface area contributed by atoms with Gasteiger partial charge in [-0.15, -0.1) is 23.1 Å². The normalized spacial score (nSPS) is 20.5. The number of aromatic nitrogens is 1. The molecule has 2 atom stereocenters. The number of rotatable bonds is 9. The van der Waals surface area contributed by atoms with Crippen LogP contribution in [0.2, 0.25) is 0 Å². The van der Waals surface area contributed by atoms with Gasteiger partial charge in [-0.25, -0.2) is 9.78 Å². The molecule has 1 unspecified atom stereocenters. The van der Waals surface area contributed by atoms with Crippen molar-refractivity contribution in [1.82, 2.24) is 20.1 Å². The number of β-lactam (4-membered cyclic amide) rings is 1. The summed E-state index contributed by atoms with van der Waals surface area (Å²) in [5.41, 5.74) is 6.22. The molecule has 3 rings (SSSR count). The van der Waals surface area contributed by atoms with Crippen molar-refractivity contribution >= 4 is 57.6 Å². The molecule has 190 valence electrons. The van der Waals surface area contributed by atoms with Gasteiger partial charge in [-0.05, 0) is 19.5 Å². The Hall–Kier alpha value is -2.90. The summed E-state index contributed by atoms with van der Waals surface area (Å²) >= 11 is 2.51. The van der Waals surface area contributed by atoms with E-state index in [0.717, 1.165) is 4.90 Å². The molecule has 0 radical (unpaired) electrons. The third-order valence-corrected chi connectivity index (χ3v) is 7.30. The summed E-state index contributed by atoms with van der Waals surface area (Å²) in [5, 5.41) is 13.9. The molecule has 13 heteroatoms. The van der Waals surface area contributed by atoms with Gasteiger partial charge in [0, 0.05) is 30.2 Å². The van der Waals surface area contributed by atoms with E-state index in [1.54, 1.807) is 5.38 Å². The van der Waals surface area contributed by atoms with Crippen molar-refractivity contribution in [2.75, 3.05) is 38.7 Å². The summed E-state index contributed by atoms with van der Waals surface area (Å²) in [6, 6.07) is -0.909. The number of esters is 1. The number of thioether (sulfide) groups is 1. The van der Waals surface area contributed by atoms with Crippen molar-refractivity contribution < 1.29 is 29.0 Å². The molecule has 35 heavy (non-hydrogen) atoms. The van der Waals surface area contributed by atoms with Crippen LogP contribution in [0.1, 0.15) is 26.5 Å². The van der Waals surface area contributed by atoms with E-state index in [4.69, 9.17) is 10.5 Å². The third kappa shape index (κ3) is 6.03. The van der Waals surface area contributed by atoms with Crippen molar-refractivity contribution in [3.8, 4) is 0 Å². The van der Waals surface area contributed by atoms with E-state index in [1.807, 2.05) is 38.9 Å². The van der Waals surface area contributed by atoms with Crippen LogP contribution in [0.3, 0.4) is 0 Å². The fraction of sp³-hybridized carbons (Fsp3) is 0.500. The molecule has 1 fully saturated rings. The number of nitrogens with two attached hydrogens (primary N) is 1. The Morgan fingerprint density at radius 1 is 1.40 bits per heavy atom. The molecule has 2 aliphatic rings. The molecule has 4 N–H and O–H groups in total. The van der Waals surface area contributed by atoms with Gasteiger partial charge in [-0.2, -0.15) is 0 Å². The van der Waals surface area contributed by atoms with Gasteiger partial charge in [0.1, 0.15) is 23.7 Å². The quantitative estimate of drug-likeness (QED) is 0.242. The monoisotopic (exact) mass is 523 g/mol. The van der Waals surface area contributed by atoms with Gasteiger partial charge in [0.25, 0.3) is 11.8 Å². The van der Waals surface area contributed by atoms with Crippen LogP contribution in [0.5, 0.6) is 0 Å². The van der Waals surface area contributed by atoms with E-state index in [9.17, 15) is 24.3 Å². The number of carboxylic acids is 1. The minimum atomic E-state index is -1.29. The highest BCUT2D eigenvalue weighted by Gasteiger charge is 2.54. The third-order valence-electron chi connectivity index (χ3n) is 5.29. The number of carbonyl (C=O) groups is 4. The maximum Gasteiger partial charge on any atom is 0.352 e. The van der Waals surface area contributed by atoms with E-state index in [0.29, 0.717) is 28.5 Å². The zero-order valence-corrected chi connectivity index (χ0v) is 21.8. The van der Waals surface area contributed by atoms with Gasteiger partial charge in [0.15, 0.2) is 5.13 Å². The molecule has 0 aromatic carbocycles. The lowest BCUT2D eigenvalue weighted by Crippen LogP contribution is -2.70. The lowest BCUT2D eigenvalue weighted by molar-refractivity contribution is -0.150. The maximum atomic E-state index is 13.4. The molecule has 1 aromatic rings. The lowest BCUT2D eigenvalue weighted by atomic mass is 9.89. The average Bonchev–Trinajstić information content (AvgIpc) is 3.18. The average molecular weight is 524 g/mol. The highest BCUT2D eigenvalue weighted by atomic mass is 32.2. The number of carboxylic acid groups (broad SMARTS) is 1. The van der Waals surface area contributed by atoms with Crippen LogP contribution < -0.4 is 11.1 Å². The van der Waals surface area contributed by atoms with Crippen LogP contribution in [-0.2, 0) is 23.9 Å². The highest BCUT2D eigenvalue weighted by Crippen LogP contribution is 2.40. The van der Waals surface area contributed by atoms with Crippen LogP contribution in [-0.4, -0.2) is 88.1 Å². The summed E-state index contributed by atoms with van der Waals surface area (Å²) in [4.78, 5) is 56.8. The van der Waals surface area contributed by atoms with Crippen molar-refractivity contribution in [3.63, 3.8) is 0 Å². The fourth-order valence-corrected chi connectivity index (χ4v) is 6.01. The zero-order valence-electron chi connectivity index (χ0n) is 20.2. The Labute approximate surface area is 211 Å². The van der Waals surface area contributed by atoms with E-state index in [-0.39, 0.29) is 18.1 Å². The first-order chi connectivity index (χ1) is 16.3. The molecule has 0 saturated carbocycles.